The van der Waals surface area contributed by atoms with Gasteiger partial charge in [0.1, 0.15) is 5.78 Å². The zero-order valence-corrected chi connectivity index (χ0v) is 9.89. The molecule has 0 unspecified atom stereocenters. The molecule has 0 aliphatic carbocycles. The zero-order valence-electron chi connectivity index (χ0n) is 9.07. The van der Waals surface area contributed by atoms with Gasteiger partial charge in [0.2, 0.25) is 0 Å². The molecule has 0 rings (SSSR count). The highest BCUT2D eigenvalue weighted by Gasteiger charge is 2.28. The van der Waals surface area contributed by atoms with E-state index in [1.54, 1.807) is 27.7 Å². The van der Waals surface area contributed by atoms with Gasteiger partial charge in [0.05, 0.1) is 5.75 Å². The lowest BCUT2D eigenvalue weighted by Gasteiger charge is -2.22. The van der Waals surface area contributed by atoms with E-state index in [9.17, 15) is 13.2 Å². The summed E-state index contributed by atoms with van der Waals surface area (Å²) in [4.78, 5) is 11.4. The SMILES string of the molecule is CC(C)C(=O)CC(C)(C)CS(=O)(=O)O. The average Bonchev–Trinajstić information content (AvgIpc) is 1.78. The lowest BCUT2D eigenvalue weighted by Crippen LogP contribution is -2.28. The van der Waals surface area contributed by atoms with Crippen LogP contribution in [0.2, 0.25) is 0 Å². The number of hydrogen-bond acceptors (Lipinski definition) is 3. The minimum Gasteiger partial charge on any atom is -0.299 e. The third-order valence-corrected chi connectivity index (χ3v) is 3.02. The molecule has 0 saturated carbocycles. The fraction of sp³-hybridized carbons (Fsp3) is 0.889. The van der Waals surface area contributed by atoms with Crippen molar-refractivity contribution >= 4 is 15.9 Å². The minimum atomic E-state index is -4.01. The maximum Gasteiger partial charge on any atom is 0.265 e. The molecular formula is C9H18O4S. The van der Waals surface area contributed by atoms with Crippen LogP contribution in [0.4, 0.5) is 0 Å². The second-order valence-corrected chi connectivity index (χ2v) is 6.14. The number of carbonyl (C=O) groups excluding carboxylic acids is 1. The van der Waals surface area contributed by atoms with Gasteiger partial charge in [-0.1, -0.05) is 27.7 Å². The second-order valence-electron chi connectivity index (χ2n) is 4.69. The maximum absolute atomic E-state index is 11.4. The molecule has 0 aliphatic heterocycles. The van der Waals surface area contributed by atoms with E-state index in [4.69, 9.17) is 4.55 Å². The van der Waals surface area contributed by atoms with Crippen LogP contribution in [0.25, 0.3) is 0 Å². The highest BCUT2D eigenvalue weighted by Crippen LogP contribution is 2.24. The lowest BCUT2D eigenvalue weighted by molar-refractivity contribution is -0.123. The van der Waals surface area contributed by atoms with Crippen molar-refractivity contribution in [2.45, 2.75) is 34.1 Å². The van der Waals surface area contributed by atoms with Gasteiger partial charge in [0.15, 0.2) is 0 Å². The predicted octanol–water partition coefficient (Wildman–Crippen LogP) is 1.52. The molecule has 0 aromatic carbocycles. The molecule has 0 aromatic heterocycles. The molecule has 0 aliphatic rings. The van der Waals surface area contributed by atoms with Crippen molar-refractivity contribution in [2.24, 2.45) is 11.3 Å². The monoisotopic (exact) mass is 222 g/mol. The van der Waals surface area contributed by atoms with E-state index in [0.717, 1.165) is 0 Å². The average molecular weight is 222 g/mol. The summed E-state index contributed by atoms with van der Waals surface area (Å²) >= 11 is 0. The molecule has 0 fully saturated rings. The summed E-state index contributed by atoms with van der Waals surface area (Å²) in [6, 6.07) is 0. The van der Waals surface area contributed by atoms with Crippen LogP contribution < -0.4 is 0 Å². The molecular weight excluding hydrogens is 204 g/mol. The van der Waals surface area contributed by atoms with E-state index in [1.165, 1.54) is 0 Å². The summed E-state index contributed by atoms with van der Waals surface area (Å²) in [6.07, 6.45) is 0.171. The van der Waals surface area contributed by atoms with Crippen molar-refractivity contribution in [3.63, 3.8) is 0 Å². The largest absolute Gasteiger partial charge is 0.299 e. The summed E-state index contributed by atoms with van der Waals surface area (Å²) < 4.78 is 30.0. The Morgan fingerprint density at radius 2 is 1.79 bits per heavy atom. The van der Waals surface area contributed by atoms with Crippen LogP contribution in [0, 0.1) is 11.3 Å². The third-order valence-electron chi connectivity index (χ3n) is 1.87. The molecule has 0 saturated heterocycles. The molecule has 0 atom stereocenters. The molecule has 84 valence electrons. The Balaban J connectivity index is 4.43. The van der Waals surface area contributed by atoms with E-state index in [-0.39, 0.29) is 23.9 Å². The van der Waals surface area contributed by atoms with Crippen LogP contribution in [0.15, 0.2) is 0 Å². The number of ketones is 1. The molecule has 0 spiro atoms. The summed E-state index contributed by atoms with van der Waals surface area (Å²) in [5, 5.41) is 0. The van der Waals surface area contributed by atoms with Crippen molar-refractivity contribution in [1.29, 1.82) is 0 Å². The second kappa shape index (κ2) is 4.40. The number of rotatable bonds is 5. The summed E-state index contributed by atoms with van der Waals surface area (Å²) in [5.41, 5.74) is -0.699. The minimum absolute atomic E-state index is 0.0126. The topological polar surface area (TPSA) is 71.4 Å². The highest BCUT2D eigenvalue weighted by atomic mass is 32.2. The Bertz CT molecular complexity index is 301. The first-order chi connectivity index (χ1) is 6.03. The summed E-state index contributed by atoms with van der Waals surface area (Å²) in [6.45, 7) is 6.85. The Labute approximate surface area is 85.4 Å². The van der Waals surface area contributed by atoms with Crippen molar-refractivity contribution < 1.29 is 17.8 Å². The van der Waals surface area contributed by atoms with Crippen molar-refractivity contribution in [2.75, 3.05) is 5.75 Å². The van der Waals surface area contributed by atoms with E-state index in [1.807, 2.05) is 0 Å². The Hall–Kier alpha value is -0.420. The van der Waals surface area contributed by atoms with Crippen LogP contribution in [0.5, 0.6) is 0 Å². The molecule has 0 amide bonds. The van der Waals surface area contributed by atoms with Gasteiger partial charge in [-0.15, -0.1) is 0 Å². The van der Waals surface area contributed by atoms with E-state index in [0.29, 0.717) is 0 Å². The van der Waals surface area contributed by atoms with Gasteiger partial charge in [-0.25, -0.2) is 0 Å². The predicted molar refractivity (Wildman–Crippen MR) is 54.7 cm³/mol. The quantitative estimate of drug-likeness (QED) is 0.716. The molecule has 4 nitrogen and oxygen atoms in total. The van der Waals surface area contributed by atoms with Crippen molar-refractivity contribution in [1.82, 2.24) is 0 Å². The fourth-order valence-corrected chi connectivity index (χ4v) is 2.31. The summed E-state index contributed by atoms with van der Waals surface area (Å²) in [5.74, 6) is -0.465. The third kappa shape index (κ3) is 6.10. The van der Waals surface area contributed by atoms with Gasteiger partial charge in [0.25, 0.3) is 10.1 Å². The van der Waals surface area contributed by atoms with Gasteiger partial charge >= 0.3 is 0 Å². The van der Waals surface area contributed by atoms with Crippen LogP contribution in [-0.2, 0) is 14.9 Å². The fourth-order valence-electron chi connectivity index (χ4n) is 1.22. The molecule has 5 heteroatoms. The standard InChI is InChI=1S/C9H18O4S/c1-7(2)8(10)5-9(3,4)6-14(11,12)13/h7H,5-6H2,1-4H3,(H,11,12,13). The lowest BCUT2D eigenvalue weighted by atomic mass is 9.86. The molecule has 0 heterocycles. The van der Waals surface area contributed by atoms with Gasteiger partial charge < -0.3 is 0 Å². The van der Waals surface area contributed by atoms with Crippen LogP contribution in [0.1, 0.15) is 34.1 Å². The van der Waals surface area contributed by atoms with E-state index in [2.05, 4.69) is 0 Å². The smallest absolute Gasteiger partial charge is 0.265 e. The molecule has 0 bridgehead atoms. The van der Waals surface area contributed by atoms with Gasteiger partial charge in [-0.2, -0.15) is 8.42 Å². The maximum atomic E-state index is 11.4. The van der Waals surface area contributed by atoms with Gasteiger partial charge in [-0.3, -0.25) is 9.35 Å². The van der Waals surface area contributed by atoms with Crippen LogP contribution >= 0.6 is 0 Å². The first kappa shape index (κ1) is 13.6. The molecule has 14 heavy (non-hydrogen) atoms. The number of carbonyl (C=O) groups is 1. The summed E-state index contributed by atoms with van der Waals surface area (Å²) in [7, 11) is -4.01. The van der Waals surface area contributed by atoms with Gasteiger partial charge in [0, 0.05) is 12.3 Å². The van der Waals surface area contributed by atoms with Crippen LogP contribution in [0.3, 0.4) is 0 Å². The van der Waals surface area contributed by atoms with E-state index >= 15 is 0 Å². The number of hydrogen-bond donors (Lipinski definition) is 1. The zero-order chi connectivity index (χ0) is 11.6. The molecule has 1 N–H and O–H groups in total. The Morgan fingerprint density at radius 3 is 2.07 bits per heavy atom. The Kier molecular flexibility index (Phi) is 4.27. The first-order valence-corrected chi connectivity index (χ1v) is 6.12. The Morgan fingerprint density at radius 1 is 1.36 bits per heavy atom. The van der Waals surface area contributed by atoms with Gasteiger partial charge in [-0.05, 0) is 5.41 Å². The van der Waals surface area contributed by atoms with Crippen molar-refractivity contribution in [3.05, 3.63) is 0 Å². The molecule has 0 radical (unpaired) electrons. The van der Waals surface area contributed by atoms with E-state index < -0.39 is 15.5 Å². The molecule has 0 aromatic rings. The number of Topliss-reactive ketones (excluding diaryl/α,β-unsaturated/α-hetero) is 1. The highest BCUT2D eigenvalue weighted by molar-refractivity contribution is 7.85. The first-order valence-electron chi connectivity index (χ1n) is 4.51. The normalized spacial score (nSPS) is 13.3. The van der Waals surface area contributed by atoms with Crippen LogP contribution in [-0.4, -0.2) is 24.5 Å². The van der Waals surface area contributed by atoms with Crippen molar-refractivity contribution in [3.8, 4) is 0 Å².